The van der Waals surface area contributed by atoms with E-state index >= 15 is 0 Å². The van der Waals surface area contributed by atoms with Gasteiger partial charge in [-0.1, -0.05) is 11.6 Å². The van der Waals surface area contributed by atoms with Crippen LogP contribution >= 0.6 is 11.6 Å². The summed E-state index contributed by atoms with van der Waals surface area (Å²) in [5.74, 6) is -0.368. The van der Waals surface area contributed by atoms with Crippen LogP contribution in [0.25, 0.3) is 0 Å². The third-order valence-electron chi connectivity index (χ3n) is 3.15. The average Bonchev–Trinajstić information content (AvgIpc) is 2.32. The highest BCUT2D eigenvalue weighted by Crippen LogP contribution is 2.33. The first-order valence-corrected chi connectivity index (χ1v) is 6.83. The fraction of sp³-hybridized carbons (Fsp3) is 0.250. The van der Waals surface area contributed by atoms with Crippen molar-refractivity contribution in [1.82, 2.24) is 4.98 Å². The molecule has 1 aromatic heterocycles. The maximum absolute atomic E-state index is 11.4. The summed E-state index contributed by atoms with van der Waals surface area (Å²) in [6.07, 6.45) is 0. The molecule has 1 N–H and O–H groups in total. The number of aromatic nitrogens is 1. The number of hydrogen-bond donors (Lipinski definition) is 1. The van der Waals surface area contributed by atoms with E-state index in [-0.39, 0.29) is 11.4 Å². The topological polar surface area (TPSA) is 59.4 Å². The Morgan fingerprint density at radius 3 is 2.19 bits per heavy atom. The first-order valence-electron chi connectivity index (χ1n) is 6.45. The van der Waals surface area contributed by atoms with E-state index in [1.54, 1.807) is 32.0 Å². The molecule has 0 saturated heterocycles. The average molecular weight is 306 g/mol. The molecule has 0 aliphatic rings. The Balaban J connectivity index is 2.57. The van der Waals surface area contributed by atoms with Crippen LogP contribution in [-0.4, -0.2) is 16.1 Å². The molecule has 1 aromatic carbocycles. The van der Waals surface area contributed by atoms with Gasteiger partial charge in [0.1, 0.15) is 11.3 Å². The molecule has 0 amide bonds. The molecular weight excluding hydrogens is 290 g/mol. The quantitative estimate of drug-likeness (QED) is 0.909. The Bertz CT molecular complexity index is 703. The van der Waals surface area contributed by atoms with Gasteiger partial charge in [-0.15, -0.1) is 0 Å². The van der Waals surface area contributed by atoms with Crippen LogP contribution in [-0.2, 0) is 0 Å². The van der Waals surface area contributed by atoms with Gasteiger partial charge >= 0.3 is 5.97 Å². The van der Waals surface area contributed by atoms with Crippen molar-refractivity contribution < 1.29 is 14.6 Å². The minimum atomic E-state index is -1.06. The third-order valence-corrected chi connectivity index (χ3v) is 3.37. The lowest BCUT2D eigenvalue weighted by Crippen LogP contribution is -2.07. The van der Waals surface area contributed by atoms with E-state index in [2.05, 4.69) is 4.98 Å². The summed E-state index contributed by atoms with van der Waals surface area (Å²) in [6, 6.07) is 5.26. The van der Waals surface area contributed by atoms with E-state index in [1.165, 1.54) is 0 Å². The number of nitrogens with zero attached hydrogens (tertiary/aromatic N) is 1. The number of aryl methyl sites for hydroxylation is 4. The van der Waals surface area contributed by atoms with Crippen LogP contribution in [0.15, 0.2) is 18.2 Å². The molecule has 0 saturated carbocycles. The molecule has 0 fully saturated rings. The molecule has 0 aliphatic carbocycles. The number of hydrogen-bond acceptors (Lipinski definition) is 3. The number of ether oxygens (including phenoxy) is 1. The largest absolute Gasteiger partial charge is 0.477 e. The lowest BCUT2D eigenvalue weighted by molar-refractivity contribution is 0.0692. The van der Waals surface area contributed by atoms with Gasteiger partial charge in [0.05, 0.1) is 0 Å². The highest BCUT2D eigenvalue weighted by Gasteiger charge is 2.19. The fourth-order valence-electron chi connectivity index (χ4n) is 2.29. The van der Waals surface area contributed by atoms with Crippen molar-refractivity contribution in [2.24, 2.45) is 0 Å². The zero-order valence-electron chi connectivity index (χ0n) is 12.3. The Hall–Kier alpha value is -2.07. The summed E-state index contributed by atoms with van der Waals surface area (Å²) in [5, 5.41) is 9.97. The van der Waals surface area contributed by atoms with E-state index < -0.39 is 5.97 Å². The molecule has 2 rings (SSSR count). The van der Waals surface area contributed by atoms with Crippen molar-refractivity contribution in [2.75, 3.05) is 0 Å². The SMILES string of the molecule is Cc1cc(C)c(C(=O)O)c(Oc2c(C)cc(Cl)cc2C)n1. The molecule has 1 heterocycles. The van der Waals surface area contributed by atoms with E-state index in [0.29, 0.717) is 22.0 Å². The normalized spacial score (nSPS) is 10.5. The maximum atomic E-state index is 11.4. The number of rotatable bonds is 3. The molecule has 0 unspecified atom stereocenters. The minimum absolute atomic E-state index is 0.0781. The predicted octanol–water partition coefficient (Wildman–Crippen LogP) is 4.46. The molecule has 0 bridgehead atoms. The van der Waals surface area contributed by atoms with E-state index in [9.17, 15) is 9.90 Å². The number of benzene rings is 1. The van der Waals surface area contributed by atoms with Crippen molar-refractivity contribution in [3.63, 3.8) is 0 Å². The third kappa shape index (κ3) is 3.16. The number of aromatic carboxylic acids is 1. The summed E-state index contributed by atoms with van der Waals surface area (Å²) < 4.78 is 5.80. The fourth-order valence-corrected chi connectivity index (χ4v) is 2.62. The smallest absolute Gasteiger partial charge is 0.341 e. The van der Waals surface area contributed by atoms with Crippen LogP contribution in [0.1, 0.15) is 32.7 Å². The lowest BCUT2D eigenvalue weighted by Gasteiger charge is -2.14. The highest BCUT2D eigenvalue weighted by atomic mass is 35.5. The lowest BCUT2D eigenvalue weighted by atomic mass is 10.1. The van der Waals surface area contributed by atoms with Crippen LogP contribution < -0.4 is 4.74 Å². The van der Waals surface area contributed by atoms with Crippen molar-refractivity contribution >= 4 is 17.6 Å². The molecule has 21 heavy (non-hydrogen) atoms. The first kappa shape index (κ1) is 15.3. The van der Waals surface area contributed by atoms with Gasteiger partial charge in [-0.05, 0) is 62.6 Å². The second kappa shape index (κ2) is 5.74. The molecule has 0 atom stereocenters. The van der Waals surface area contributed by atoms with Gasteiger partial charge in [-0.25, -0.2) is 9.78 Å². The monoisotopic (exact) mass is 305 g/mol. The molecule has 5 heteroatoms. The molecular formula is C16H16ClNO3. The van der Waals surface area contributed by atoms with Crippen LogP contribution in [0, 0.1) is 27.7 Å². The minimum Gasteiger partial charge on any atom is -0.477 e. The van der Waals surface area contributed by atoms with Gasteiger partial charge in [-0.2, -0.15) is 0 Å². The van der Waals surface area contributed by atoms with Crippen molar-refractivity contribution in [3.8, 4) is 11.6 Å². The van der Waals surface area contributed by atoms with Crippen molar-refractivity contribution in [2.45, 2.75) is 27.7 Å². The standard InChI is InChI=1S/C16H16ClNO3/c1-8-5-11(4)18-15(13(8)16(19)20)21-14-9(2)6-12(17)7-10(14)3/h5-7H,1-4H3,(H,19,20). The maximum Gasteiger partial charge on any atom is 0.341 e. The number of carboxylic acid groups (broad SMARTS) is 1. The molecule has 2 aromatic rings. The molecule has 110 valence electrons. The van der Waals surface area contributed by atoms with Crippen LogP contribution in [0.4, 0.5) is 0 Å². The molecule has 0 radical (unpaired) electrons. The summed E-state index contributed by atoms with van der Waals surface area (Å²) in [7, 11) is 0. The molecule has 0 spiro atoms. The van der Waals surface area contributed by atoms with Gasteiger partial charge in [0.25, 0.3) is 0 Å². The van der Waals surface area contributed by atoms with E-state index in [0.717, 1.165) is 11.1 Å². The van der Waals surface area contributed by atoms with Gasteiger partial charge in [0, 0.05) is 10.7 Å². The Morgan fingerprint density at radius 2 is 1.67 bits per heavy atom. The second-order valence-electron chi connectivity index (χ2n) is 5.04. The zero-order chi connectivity index (χ0) is 15.7. The van der Waals surface area contributed by atoms with Gasteiger partial charge < -0.3 is 9.84 Å². The summed E-state index contributed by atoms with van der Waals surface area (Å²) in [6.45, 7) is 7.24. The molecule has 0 aliphatic heterocycles. The van der Waals surface area contributed by atoms with Crippen LogP contribution in [0.3, 0.4) is 0 Å². The highest BCUT2D eigenvalue weighted by molar-refractivity contribution is 6.30. The number of pyridine rings is 1. The van der Waals surface area contributed by atoms with Crippen molar-refractivity contribution in [1.29, 1.82) is 0 Å². The van der Waals surface area contributed by atoms with Gasteiger partial charge in [0.15, 0.2) is 0 Å². The number of carboxylic acids is 1. The number of halogens is 1. The zero-order valence-corrected chi connectivity index (χ0v) is 13.1. The summed E-state index contributed by atoms with van der Waals surface area (Å²) >= 11 is 5.99. The van der Waals surface area contributed by atoms with Crippen LogP contribution in [0.5, 0.6) is 11.6 Å². The summed E-state index contributed by atoms with van der Waals surface area (Å²) in [4.78, 5) is 15.6. The van der Waals surface area contributed by atoms with Gasteiger partial charge in [-0.3, -0.25) is 0 Å². The Labute approximate surface area is 128 Å². The van der Waals surface area contributed by atoms with E-state index in [4.69, 9.17) is 16.3 Å². The van der Waals surface area contributed by atoms with Crippen molar-refractivity contribution in [3.05, 3.63) is 51.2 Å². The summed E-state index contributed by atoms with van der Waals surface area (Å²) in [5.41, 5.74) is 3.06. The van der Waals surface area contributed by atoms with E-state index in [1.807, 2.05) is 13.8 Å². The Kier molecular flexibility index (Phi) is 4.19. The Morgan fingerprint density at radius 1 is 1.10 bits per heavy atom. The van der Waals surface area contributed by atoms with Gasteiger partial charge in [0.2, 0.25) is 5.88 Å². The predicted molar refractivity (Wildman–Crippen MR) is 81.7 cm³/mol. The molecule has 4 nitrogen and oxygen atoms in total. The number of carbonyl (C=O) groups is 1. The first-order chi connectivity index (χ1) is 9.79. The van der Waals surface area contributed by atoms with Crippen LogP contribution in [0.2, 0.25) is 5.02 Å². The second-order valence-corrected chi connectivity index (χ2v) is 5.47.